The second-order valence-electron chi connectivity index (χ2n) is 6.13. The molecule has 2 unspecified atom stereocenters. The van der Waals surface area contributed by atoms with E-state index < -0.39 is 12.0 Å². The minimum absolute atomic E-state index is 0.0121. The average Bonchev–Trinajstić information content (AvgIpc) is 3.37. The predicted molar refractivity (Wildman–Crippen MR) is 80.8 cm³/mol. The number of hydrogen-bond acceptors (Lipinski definition) is 3. The molecule has 0 aromatic heterocycles. The average molecular weight is 308 g/mol. The van der Waals surface area contributed by atoms with Crippen LogP contribution in [0.2, 0.25) is 0 Å². The third-order valence-corrected chi connectivity index (χ3v) is 5.76. The van der Waals surface area contributed by atoms with Gasteiger partial charge in [-0.05, 0) is 37.5 Å². The van der Waals surface area contributed by atoms with Crippen molar-refractivity contribution in [2.75, 3.05) is 18.8 Å². The highest BCUT2D eigenvalue weighted by Gasteiger charge is 2.49. The zero-order valence-corrected chi connectivity index (χ0v) is 12.7. The number of carboxylic acids is 1. The number of aliphatic carboxylic acids is 1. The van der Waals surface area contributed by atoms with Crippen LogP contribution in [0.5, 0.6) is 0 Å². The Balaban J connectivity index is 1.76. The van der Waals surface area contributed by atoms with Crippen LogP contribution in [0.4, 0.5) is 4.79 Å². The first-order chi connectivity index (χ1) is 10.1. The van der Waals surface area contributed by atoms with Gasteiger partial charge in [-0.3, -0.25) is 4.90 Å². The van der Waals surface area contributed by atoms with Crippen LogP contribution in [0.15, 0.2) is 0 Å². The lowest BCUT2D eigenvalue weighted by atomic mass is 10.2. The van der Waals surface area contributed by atoms with Crippen molar-refractivity contribution in [3.8, 4) is 12.3 Å². The Morgan fingerprint density at radius 3 is 2.57 bits per heavy atom. The van der Waals surface area contributed by atoms with E-state index in [9.17, 15) is 14.7 Å². The minimum atomic E-state index is -0.911. The summed E-state index contributed by atoms with van der Waals surface area (Å²) in [6.07, 6.45) is 9.83. The Hall–Kier alpha value is -1.35. The summed E-state index contributed by atoms with van der Waals surface area (Å²) in [5, 5.41) is 9.40. The summed E-state index contributed by atoms with van der Waals surface area (Å²) < 4.78 is 0. The van der Waals surface area contributed by atoms with Gasteiger partial charge in [0.05, 0.1) is 11.9 Å². The molecular weight excluding hydrogens is 288 g/mol. The fourth-order valence-corrected chi connectivity index (χ4v) is 4.43. The van der Waals surface area contributed by atoms with E-state index in [1.807, 2.05) is 0 Å². The number of rotatable bonds is 5. The van der Waals surface area contributed by atoms with Crippen molar-refractivity contribution in [2.24, 2.45) is 11.8 Å². The zero-order chi connectivity index (χ0) is 15.0. The van der Waals surface area contributed by atoms with Gasteiger partial charge in [-0.25, -0.2) is 9.59 Å². The lowest BCUT2D eigenvalue weighted by Gasteiger charge is -2.32. The molecule has 1 N–H and O–H groups in total. The third-order valence-electron chi connectivity index (χ3n) is 4.29. The first-order valence-electron chi connectivity index (χ1n) is 7.47. The molecule has 0 radical (unpaired) electrons. The molecule has 0 bridgehead atoms. The fourth-order valence-electron chi connectivity index (χ4n) is 2.80. The number of hydrogen-bond donors (Lipinski definition) is 1. The van der Waals surface area contributed by atoms with E-state index in [0.29, 0.717) is 24.1 Å². The van der Waals surface area contributed by atoms with Gasteiger partial charge < -0.3 is 10.0 Å². The van der Waals surface area contributed by atoms with Crippen LogP contribution >= 0.6 is 11.8 Å². The number of nitrogens with zero attached hydrogens (tertiary/aromatic N) is 2. The van der Waals surface area contributed by atoms with Crippen LogP contribution in [-0.2, 0) is 4.79 Å². The molecule has 6 heteroatoms. The lowest BCUT2D eigenvalue weighted by Crippen LogP contribution is -2.52. The van der Waals surface area contributed by atoms with Gasteiger partial charge in [-0.1, -0.05) is 5.92 Å². The molecular formula is C15H20N2O3S. The van der Waals surface area contributed by atoms with Crippen LogP contribution < -0.4 is 0 Å². The van der Waals surface area contributed by atoms with Crippen molar-refractivity contribution in [3.63, 3.8) is 0 Å². The maximum atomic E-state index is 12.8. The Morgan fingerprint density at radius 2 is 2.05 bits per heavy atom. The highest BCUT2D eigenvalue weighted by Crippen LogP contribution is 2.46. The molecule has 0 aromatic rings. The molecule has 3 fully saturated rings. The molecule has 21 heavy (non-hydrogen) atoms. The van der Waals surface area contributed by atoms with Gasteiger partial charge >= 0.3 is 12.0 Å². The molecule has 3 rings (SSSR count). The zero-order valence-electron chi connectivity index (χ0n) is 11.9. The number of amides is 2. The van der Waals surface area contributed by atoms with Crippen LogP contribution in [0.25, 0.3) is 0 Å². The lowest BCUT2D eigenvalue weighted by molar-refractivity contribution is -0.141. The summed E-state index contributed by atoms with van der Waals surface area (Å²) in [7, 11) is 0. The highest BCUT2D eigenvalue weighted by atomic mass is 32.2. The van der Waals surface area contributed by atoms with Crippen LogP contribution in [-0.4, -0.2) is 57.2 Å². The molecule has 1 saturated heterocycles. The van der Waals surface area contributed by atoms with Crippen molar-refractivity contribution in [1.29, 1.82) is 0 Å². The van der Waals surface area contributed by atoms with Crippen LogP contribution in [0, 0.1) is 24.2 Å². The molecule has 0 aromatic carbocycles. The van der Waals surface area contributed by atoms with Crippen molar-refractivity contribution >= 4 is 23.8 Å². The van der Waals surface area contributed by atoms with E-state index in [2.05, 4.69) is 5.92 Å². The normalized spacial score (nSPS) is 28.2. The second-order valence-corrected chi connectivity index (χ2v) is 7.28. The fraction of sp³-hybridized carbons (Fsp3) is 0.733. The molecule has 5 nitrogen and oxygen atoms in total. The Kier molecular flexibility index (Phi) is 4.03. The molecule has 0 spiro atoms. The number of thioether (sulfide) groups is 1. The van der Waals surface area contributed by atoms with Gasteiger partial charge in [-0.15, -0.1) is 18.2 Å². The molecule has 1 aliphatic heterocycles. The number of urea groups is 1. The minimum Gasteiger partial charge on any atom is -0.480 e. The monoisotopic (exact) mass is 308 g/mol. The first-order valence-corrected chi connectivity index (χ1v) is 8.51. The molecule has 2 atom stereocenters. The van der Waals surface area contributed by atoms with Gasteiger partial charge in [0.2, 0.25) is 0 Å². The van der Waals surface area contributed by atoms with Gasteiger partial charge in [0.15, 0.2) is 0 Å². The van der Waals surface area contributed by atoms with E-state index in [-0.39, 0.29) is 17.9 Å². The topological polar surface area (TPSA) is 60.9 Å². The largest absolute Gasteiger partial charge is 0.480 e. The summed E-state index contributed by atoms with van der Waals surface area (Å²) in [4.78, 5) is 27.5. The van der Waals surface area contributed by atoms with E-state index in [1.165, 1.54) is 0 Å². The first kappa shape index (κ1) is 14.6. The van der Waals surface area contributed by atoms with E-state index >= 15 is 0 Å². The van der Waals surface area contributed by atoms with Crippen molar-refractivity contribution in [3.05, 3.63) is 0 Å². The molecule has 1 heterocycles. The molecule has 3 aliphatic rings. The van der Waals surface area contributed by atoms with Crippen molar-refractivity contribution < 1.29 is 14.7 Å². The number of carboxylic acid groups (broad SMARTS) is 1. The smallest absolute Gasteiger partial charge is 0.327 e. The summed E-state index contributed by atoms with van der Waals surface area (Å²) >= 11 is 1.60. The Bertz CT molecular complexity index is 482. The Morgan fingerprint density at radius 1 is 1.33 bits per heavy atom. The maximum absolute atomic E-state index is 12.8. The van der Waals surface area contributed by atoms with E-state index in [1.54, 1.807) is 21.6 Å². The predicted octanol–water partition coefficient (Wildman–Crippen LogP) is 1.69. The van der Waals surface area contributed by atoms with Gasteiger partial charge in [0.25, 0.3) is 0 Å². The molecule has 2 amide bonds. The summed E-state index contributed by atoms with van der Waals surface area (Å²) in [6.45, 7) is 0.925. The molecule has 2 saturated carbocycles. The van der Waals surface area contributed by atoms with Crippen LogP contribution in [0.1, 0.15) is 25.7 Å². The molecule has 2 aliphatic carbocycles. The summed E-state index contributed by atoms with van der Waals surface area (Å²) in [5.41, 5.74) is 0. The quantitative estimate of drug-likeness (QED) is 0.785. The number of terminal acetylenes is 1. The Labute approximate surface area is 129 Å². The van der Waals surface area contributed by atoms with E-state index in [0.717, 1.165) is 25.7 Å². The van der Waals surface area contributed by atoms with Crippen molar-refractivity contribution in [2.45, 2.75) is 37.1 Å². The third kappa shape index (κ3) is 3.13. The van der Waals surface area contributed by atoms with E-state index in [4.69, 9.17) is 6.42 Å². The van der Waals surface area contributed by atoms with Gasteiger partial charge in [-0.2, -0.15) is 0 Å². The number of carbonyl (C=O) groups is 2. The highest BCUT2D eigenvalue weighted by molar-refractivity contribution is 8.00. The molecule has 114 valence electrons. The SMILES string of the molecule is C#CCN(CC1CC1)C(=O)N1C(C(=O)O)CSC1C1CC1. The van der Waals surface area contributed by atoms with Gasteiger partial charge in [0, 0.05) is 12.3 Å². The summed E-state index contributed by atoms with van der Waals surface area (Å²) in [5.74, 6) is 3.10. The second kappa shape index (κ2) is 5.80. The number of carbonyl (C=O) groups excluding carboxylic acids is 1. The van der Waals surface area contributed by atoms with Crippen LogP contribution in [0.3, 0.4) is 0 Å². The maximum Gasteiger partial charge on any atom is 0.327 e. The summed E-state index contributed by atoms with van der Waals surface area (Å²) in [6, 6.07) is -0.901. The van der Waals surface area contributed by atoms with Crippen molar-refractivity contribution in [1.82, 2.24) is 9.80 Å². The van der Waals surface area contributed by atoms with Gasteiger partial charge in [0.1, 0.15) is 6.04 Å². The standard InChI is InChI=1S/C15H20N2O3S/c1-2-7-16(8-10-3-4-10)15(20)17-12(14(18)19)9-21-13(17)11-5-6-11/h1,10-13H,3-9H2,(H,18,19).